The van der Waals surface area contributed by atoms with E-state index in [0.717, 1.165) is 12.1 Å². The molecule has 3 rings (SSSR count). The predicted octanol–water partition coefficient (Wildman–Crippen LogP) is 5.28. The quantitative estimate of drug-likeness (QED) is 0.445. The molecule has 7 nitrogen and oxygen atoms in total. The fraction of sp³-hybridized carbons (Fsp3) is 0.200. The Morgan fingerprint density at radius 2 is 1.24 bits per heavy atom. The van der Waals surface area contributed by atoms with Crippen molar-refractivity contribution in [2.45, 2.75) is 13.8 Å². The maximum Gasteiger partial charge on any atom is 0.259 e. The SMILES string of the molecule is CCOc1ccc(F)cc1NC(=O)c1ccc(OC)c(C(=O)Nc2cc(F)ccc2OCC)c1. The number of nitrogens with one attached hydrogen (secondary N) is 2. The summed E-state index contributed by atoms with van der Waals surface area (Å²) in [4.78, 5) is 25.9. The van der Waals surface area contributed by atoms with Gasteiger partial charge in [-0.3, -0.25) is 9.59 Å². The van der Waals surface area contributed by atoms with E-state index in [-0.39, 0.29) is 28.3 Å². The van der Waals surface area contributed by atoms with Gasteiger partial charge in [-0.1, -0.05) is 0 Å². The standard InChI is InChI=1S/C25H24F2N2O5/c1-4-33-22-10-7-16(26)13-19(22)28-24(30)15-6-9-21(32-3)18(12-15)25(31)29-20-14-17(27)8-11-23(20)34-5-2/h6-14H,4-5H2,1-3H3,(H,28,30)(H,29,31). The maximum atomic E-state index is 13.8. The Kier molecular flexibility index (Phi) is 8.02. The molecule has 0 atom stereocenters. The highest BCUT2D eigenvalue weighted by Gasteiger charge is 2.19. The first-order valence-corrected chi connectivity index (χ1v) is 10.5. The molecular formula is C25H24F2N2O5. The molecule has 3 aromatic carbocycles. The first-order chi connectivity index (χ1) is 16.4. The van der Waals surface area contributed by atoms with Crippen LogP contribution >= 0.6 is 0 Å². The third kappa shape index (κ3) is 5.80. The molecule has 0 aromatic heterocycles. The minimum Gasteiger partial charge on any atom is -0.496 e. The number of carbonyl (C=O) groups excluding carboxylic acids is 2. The fourth-order valence-corrected chi connectivity index (χ4v) is 3.17. The topological polar surface area (TPSA) is 85.9 Å². The van der Waals surface area contributed by atoms with Crippen molar-refractivity contribution in [3.05, 3.63) is 77.4 Å². The van der Waals surface area contributed by atoms with Crippen molar-refractivity contribution in [1.82, 2.24) is 0 Å². The molecular weight excluding hydrogens is 446 g/mol. The van der Waals surface area contributed by atoms with Gasteiger partial charge in [0.05, 0.1) is 37.3 Å². The second-order valence-corrected chi connectivity index (χ2v) is 6.97. The Labute approximate surface area is 195 Å². The zero-order chi connectivity index (χ0) is 24.7. The Bertz CT molecular complexity index is 1200. The Balaban J connectivity index is 1.89. The number of carbonyl (C=O) groups is 2. The van der Waals surface area contributed by atoms with Gasteiger partial charge in [-0.05, 0) is 56.3 Å². The van der Waals surface area contributed by atoms with Gasteiger partial charge in [-0.15, -0.1) is 0 Å². The number of halogens is 2. The molecule has 0 aliphatic rings. The van der Waals surface area contributed by atoms with Crippen LogP contribution in [0.4, 0.5) is 20.2 Å². The van der Waals surface area contributed by atoms with Crippen LogP contribution in [-0.2, 0) is 0 Å². The zero-order valence-corrected chi connectivity index (χ0v) is 18.9. The van der Waals surface area contributed by atoms with Gasteiger partial charge >= 0.3 is 0 Å². The number of rotatable bonds is 9. The van der Waals surface area contributed by atoms with Crippen molar-refractivity contribution in [3.8, 4) is 17.2 Å². The predicted molar refractivity (Wildman–Crippen MR) is 124 cm³/mol. The fourth-order valence-electron chi connectivity index (χ4n) is 3.17. The van der Waals surface area contributed by atoms with E-state index in [0.29, 0.717) is 24.7 Å². The van der Waals surface area contributed by atoms with Gasteiger partial charge in [-0.2, -0.15) is 0 Å². The van der Waals surface area contributed by atoms with Crippen LogP contribution in [0.25, 0.3) is 0 Å². The van der Waals surface area contributed by atoms with Crippen LogP contribution in [0.1, 0.15) is 34.6 Å². The number of anilines is 2. The normalized spacial score (nSPS) is 10.4. The minimum atomic E-state index is -0.640. The third-order valence-electron chi connectivity index (χ3n) is 4.69. The molecule has 0 saturated carbocycles. The summed E-state index contributed by atoms with van der Waals surface area (Å²) in [5.74, 6) is -1.54. The van der Waals surface area contributed by atoms with Crippen molar-refractivity contribution in [1.29, 1.82) is 0 Å². The van der Waals surface area contributed by atoms with Gasteiger partial charge in [0.25, 0.3) is 11.8 Å². The summed E-state index contributed by atoms with van der Waals surface area (Å²) in [6, 6.07) is 11.8. The van der Waals surface area contributed by atoms with Crippen molar-refractivity contribution >= 4 is 23.2 Å². The summed E-state index contributed by atoms with van der Waals surface area (Å²) in [7, 11) is 1.38. The van der Waals surface area contributed by atoms with Gasteiger partial charge in [0.1, 0.15) is 28.9 Å². The molecule has 2 amide bonds. The number of ether oxygens (including phenoxy) is 3. The van der Waals surface area contributed by atoms with Gasteiger partial charge in [0.2, 0.25) is 0 Å². The Hall–Kier alpha value is -4.14. The van der Waals surface area contributed by atoms with Crippen LogP contribution < -0.4 is 24.8 Å². The van der Waals surface area contributed by atoms with Crippen molar-refractivity contribution in [2.75, 3.05) is 31.0 Å². The van der Waals surface area contributed by atoms with E-state index < -0.39 is 23.4 Å². The van der Waals surface area contributed by atoms with Crippen LogP contribution in [-0.4, -0.2) is 32.1 Å². The lowest BCUT2D eigenvalue weighted by atomic mass is 10.1. The van der Waals surface area contributed by atoms with E-state index in [1.54, 1.807) is 13.8 Å². The largest absolute Gasteiger partial charge is 0.496 e. The van der Waals surface area contributed by atoms with Crippen molar-refractivity contribution in [3.63, 3.8) is 0 Å². The van der Waals surface area contributed by atoms with E-state index in [4.69, 9.17) is 14.2 Å². The van der Waals surface area contributed by atoms with Gasteiger partial charge in [0, 0.05) is 17.7 Å². The molecule has 0 aliphatic heterocycles. The van der Waals surface area contributed by atoms with Crippen LogP contribution in [0.5, 0.6) is 17.2 Å². The lowest BCUT2D eigenvalue weighted by molar-refractivity contribution is 0.102. The molecule has 0 radical (unpaired) electrons. The Morgan fingerprint density at radius 1 is 0.735 bits per heavy atom. The molecule has 2 N–H and O–H groups in total. The third-order valence-corrected chi connectivity index (χ3v) is 4.69. The second kappa shape index (κ2) is 11.1. The van der Waals surface area contributed by atoms with Crippen LogP contribution in [0.2, 0.25) is 0 Å². The zero-order valence-electron chi connectivity index (χ0n) is 18.9. The molecule has 178 valence electrons. The minimum absolute atomic E-state index is 0.0335. The summed E-state index contributed by atoms with van der Waals surface area (Å²) in [5, 5.41) is 5.18. The average Bonchev–Trinajstić information content (AvgIpc) is 2.82. The van der Waals surface area contributed by atoms with E-state index in [1.807, 2.05) is 0 Å². The molecule has 0 heterocycles. The van der Waals surface area contributed by atoms with E-state index in [9.17, 15) is 18.4 Å². The van der Waals surface area contributed by atoms with Gasteiger partial charge < -0.3 is 24.8 Å². The Morgan fingerprint density at radius 3 is 1.74 bits per heavy atom. The summed E-state index contributed by atoms with van der Waals surface area (Å²) in [6.07, 6.45) is 0. The molecule has 3 aromatic rings. The van der Waals surface area contributed by atoms with E-state index in [1.165, 1.54) is 49.6 Å². The number of amides is 2. The van der Waals surface area contributed by atoms with Crippen LogP contribution in [0.15, 0.2) is 54.6 Å². The number of hydrogen-bond acceptors (Lipinski definition) is 5. The highest BCUT2D eigenvalue weighted by Crippen LogP contribution is 2.29. The monoisotopic (exact) mass is 470 g/mol. The summed E-state index contributed by atoms with van der Waals surface area (Å²) < 4.78 is 43.6. The highest BCUT2D eigenvalue weighted by molar-refractivity contribution is 6.10. The number of methoxy groups -OCH3 is 1. The maximum absolute atomic E-state index is 13.8. The molecule has 34 heavy (non-hydrogen) atoms. The first-order valence-electron chi connectivity index (χ1n) is 10.5. The summed E-state index contributed by atoms with van der Waals surface area (Å²) in [5.41, 5.74) is 0.424. The van der Waals surface area contributed by atoms with Gasteiger partial charge in [0.15, 0.2) is 0 Å². The first kappa shape index (κ1) is 24.5. The summed E-state index contributed by atoms with van der Waals surface area (Å²) >= 11 is 0. The molecule has 0 unspecified atom stereocenters. The molecule has 0 spiro atoms. The number of benzene rings is 3. The molecule has 0 saturated heterocycles. The van der Waals surface area contributed by atoms with E-state index in [2.05, 4.69) is 10.6 Å². The smallest absolute Gasteiger partial charge is 0.259 e. The van der Waals surface area contributed by atoms with Crippen LogP contribution in [0, 0.1) is 11.6 Å². The summed E-state index contributed by atoms with van der Waals surface area (Å²) in [6.45, 7) is 4.16. The second-order valence-electron chi connectivity index (χ2n) is 6.97. The van der Waals surface area contributed by atoms with E-state index >= 15 is 0 Å². The van der Waals surface area contributed by atoms with Crippen LogP contribution in [0.3, 0.4) is 0 Å². The number of hydrogen-bond donors (Lipinski definition) is 2. The van der Waals surface area contributed by atoms with Crippen molar-refractivity contribution in [2.24, 2.45) is 0 Å². The lowest BCUT2D eigenvalue weighted by Gasteiger charge is -2.15. The average molecular weight is 470 g/mol. The molecule has 0 bridgehead atoms. The molecule has 0 fully saturated rings. The van der Waals surface area contributed by atoms with Gasteiger partial charge in [-0.25, -0.2) is 8.78 Å². The molecule has 9 heteroatoms. The lowest BCUT2D eigenvalue weighted by Crippen LogP contribution is -2.17. The van der Waals surface area contributed by atoms with Crippen molar-refractivity contribution < 1.29 is 32.6 Å². The molecule has 0 aliphatic carbocycles. The highest BCUT2D eigenvalue weighted by atomic mass is 19.1.